The number of nitrogens with zero attached hydrogens (tertiary/aromatic N) is 1. The van der Waals surface area contributed by atoms with Crippen LogP contribution in [0.2, 0.25) is 5.02 Å². The first-order valence-corrected chi connectivity index (χ1v) is 6.32. The van der Waals surface area contributed by atoms with Crippen LogP contribution in [0.3, 0.4) is 0 Å². The second kappa shape index (κ2) is 5.88. The van der Waals surface area contributed by atoms with Gasteiger partial charge in [-0.15, -0.1) is 0 Å². The zero-order valence-electron chi connectivity index (χ0n) is 10.6. The van der Waals surface area contributed by atoms with Gasteiger partial charge in [0.15, 0.2) is 5.82 Å². The second-order valence-corrected chi connectivity index (χ2v) is 4.69. The third-order valence-electron chi connectivity index (χ3n) is 2.92. The molecule has 4 nitrogen and oxygen atoms in total. The van der Waals surface area contributed by atoms with Gasteiger partial charge in [-0.05, 0) is 19.1 Å². The fourth-order valence-corrected chi connectivity index (χ4v) is 2.12. The van der Waals surface area contributed by atoms with Gasteiger partial charge < -0.3 is 5.32 Å². The lowest BCUT2D eigenvalue weighted by atomic mass is 10.1. The Balaban J connectivity index is 2.31. The summed E-state index contributed by atoms with van der Waals surface area (Å²) in [5.74, 6) is -0.570. The zero-order valence-corrected chi connectivity index (χ0v) is 11.4. The second-order valence-electron chi connectivity index (χ2n) is 4.28. The number of rotatable bonds is 4. The molecule has 0 aliphatic heterocycles. The third kappa shape index (κ3) is 2.88. The van der Waals surface area contributed by atoms with Crippen molar-refractivity contribution in [1.29, 1.82) is 0 Å². The highest BCUT2D eigenvalue weighted by Crippen LogP contribution is 2.29. The molecular weight excluding hydrogens is 283 g/mol. The molecule has 2 aromatic carbocycles. The van der Waals surface area contributed by atoms with Gasteiger partial charge in [-0.2, -0.15) is 0 Å². The van der Waals surface area contributed by atoms with Crippen molar-refractivity contribution in [3.8, 4) is 0 Å². The molecule has 0 fully saturated rings. The lowest BCUT2D eigenvalue weighted by Gasteiger charge is -2.16. The van der Waals surface area contributed by atoms with E-state index in [2.05, 4.69) is 5.32 Å². The number of hydrogen-bond acceptors (Lipinski definition) is 3. The van der Waals surface area contributed by atoms with Gasteiger partial charge in [0.1, 0.15) is 0 Å². The quantitative estimate of drug-likeness (QED) is 0.664. The molecular formula is C14H12ClFN2O2. The first kappa shape index (κ1) is 14.3. The standard InChI is InChI=1S/C14H12ClFN2O2/c1-9(10-5-2-3-8-13(10)18(19)20)17-12-7-4-6-11(15)14(12)16/h2-9,17H,1H3. The van der Waals surface area contributed by atoms with Crippen LogP contribution in [0, 0.1) is 15.9 Å². The van der Waals surface area contributed by atoms with E-state index < -0.39 is 16.8 Å². The molecule has 2 rings (SSSR count). The molecule has 20 heavy (non-hydrogen) atoms. The van der Waals surface area contributed by atoms with E-state index in [1.54, 1.807) is 31.2 Å². The number of nitro groups is 1. The van der Waals surface area contributed by atoms with Crippen molar-refractivity contribution in [2.75, 3.05) is 5.32 Å². The molecule has 0 saturated heterocycles. The van der Waals surface area contributed by atoms with Gasteiger partial charge in [0.05, 0.1) is 27.2 Å². The first-order valence-electron chi connectivity index (χ1n) is 5.94. The summed E-state index contributed by atoms with van der Waals surface area (Å²) < 4.78 is 13.8. The number of benzene rings is 2. The van der Waals surface area contributed by atoms with Crippen molar-refractivity contribution in [3.05, 3.63) is 69.0 Å². The molecule has 1 atom stereocenters. The van der Waals surface area contributed by atoms with E-state index in [4.69, 9.17) is 11.6 Å². The molecule has 0 aromatic heterocycles. The summed E-state index contributed by atoms with van der Waals surface area (Å²) in [6.45, 7) is 1.72. The Bertz CT molecular complexity index is 649. The van der Waals surface area contributed by atoms with Crippen LogP contribution < -0.4 is 5.32 Å². The highest BCUT2D eigenvalue weighted by atomic mass is 35.5. The monoisotopic (exact) mass is 294 g/mol. The molecule has 1 N–H and O–H groups in total. The van der Waals surface area contributed by atoms with Crippen molar-refractivity contribution in [3.63, 3.8) is 0 Å². The summed E-state index contributed by atoms with van der Waals surface area (Å²) in [7, 11) is 0. The van der Waals surface area contributed by atoms with Crippen LogP contribution in [-0.2, 0) is 0 Å². The minimum absolute atomic E-state index is 0.00441. The number of nitrogens with one attached hydrogen (secondary N) is 1. The van der Waals surface area contributed by atoms with Gasteiger partial charge in [-0.25, -0.2) is 4.39 Å². The van der Waals surface area contributed by atoms with E-state index in [9.17, 15) is 14.5 Å². The molecule has 0 aliphatic carbocycles. The SMILES string of the molecule is CC(Nc1cccc(Cl)c1F)c1ccccc1[N+](=O)[O-]. The van der Waals surface area contributed by atoms with E-state index in [-0.39, 0.29) is 16.4 Å². The van der Waals surface area contributed by atoms with Crippen molar-refractivity contribution < 1.29 is 9.31 Å². The van der Waals surface area contributed by atoms with Crippen LogP contribution in [0.25, 0.3) is 0 Å². The topological polar surface area (TPSA) is 55.2 Å². The number of para-hydroxylation sites is 1. The van der Waals surface area contributed by atoms with Gasteiger partial charge in [-0.1, -0.05) is 35.9 Å². The highest BCUT2D eigenvalue weighted by molar-refractivity contribution is 6.31. The van der Waals surface area contributed by atoms with Gasteiger partial charge in [0.25, 0.3) is 5.69 Å². The molecule has 0 spiro atoms. The Morgan fingerprint density at radius 1 is 1.25 bits per heavy atom. The van der Waals surface area contributed by atoms with Crippen molar-refractivity contribution in [1.82, 2.24) is 0 Å². The number of halogens is 2. The normalized spacial score (nSPS) is 11.9. The largest absolute Gasteiger partial charge is 0.376 e. The summed E-state index contributed by atoms with van der Waals surface area (Å²) in [4.78, 5) is 10.5. The zero-order chi connectivity index (χ0) is 14.7. The summed E-state index contributed by atoms with van der Waals surface area (Å²) in [6, 6.07) is 10.5. The summed E-state index contributed by atoms with van der Waals surface area (Å²) in [6.07, 6.45) is 0. The van der Waals surface area contributed by atoms with E-state index in [1.165, 1.54) is 18.2 Å². The molecule has 0 saturated carbocycles. The lowest BCUT2D eigenvalue weighted by molar-refractivity contribution is -0.385. The summed E-state index contributed by atoms with van der Waals surface area (Å²) in [5.41, 5.74) is 0.690. The van der Waals surface area contributed by atoms with Crippen LogP contribution in [0.1, 0.15) is 18.5 Å². The van der Waals surface area contributed by atoms with Crippen molar-refractivity contribution in [2.45, 2.75) is 13.0 Å². The van der Waals surface area contributed by atoms with Crippen LogP contribution in [0.4, 0.5) is 15.8 Å². The molecule has 0 heterocycles. The maximum absolute atomic E-state index is 13.8. The number of anilines is 1. The lowest BCUT2D eigenvalue weighted by Crippen LogP contribution is -2.10. The molecule has 0 amide bonds. The Kier molecular flexibility index (Phi) is 4.20. The van der Waals surface area contributed by atoms with Crippen molar-refractivity contribution >= 4 is 23.0 Å². The average molecular weight is 295 g/mol. The minimum Gasteiger partial charge on any atom is -0.376 e. The van der Waals surface area contributed by atoms with E-state index in [1.807, 2.05) is 0 Å². The Hall–Kier alpha value is -2.14. The van der Waals surface area contributed by atoms with Crippen molar-refractivity contribution in [2.24, 2.45) is 0 Å². The maximum Gasteiger partial charge on any atom is 0.274 e. The molecule has 0 bridgehead atoms. The van der Waals surface area contributed by atoms with E-state index in [0.717, 1.165) is 0 Å². The highest BCUT2D eigenvalue weighted by Gasteiger charge is 2.19. The Labute approximate surface area is 120 Å². The third-order valence-corrected chi connectivity index (χ3v) is 3.22. The van der Waals surface area contributed by atoms with Gasteiger partial charge in [0.2, 0.25) is 0 Å². The van der Waals surface area contributed by atoms with E-state index in [0.29, 0.717) is 5.56 Å². The average Bonchev–Trinajstić information content (AvgIpc) is 2.43. The number of hydrogen-bond donors (Lipinski definition) is 1. The first-order chi connectivity index (χ1) is 9.50. The Morgan fingerprint density at radius 3 is 2.65 bits per heavy atom. The molecule has 0 radical (unpaired) electrons. The predicted molar refractivity (Wildman–Crippen MR) is 76.5 cm³/mol. The van der Waals surface area contributed by atoms with Gasteiger partial charge in [-0.3, -0.25) is 10.1 Å². The molecule has 1 unspecified atom stereocenters. The molecule has 104 valence electrons. The fraction of sp³-hybridized carbons (Fsp3) is 0.143. The summed E-state index contributed by atoms with van der Waals surface area (Å²) >= 11 is 5.70. The van der Waals surface area contributed by atoms with Gasteiger partial charge in [0, 0.05) is 6.07 Å². The predicted octanol–water partition coefficient (Wildman–Crippen LogP) is 4.56. The fourth-order valence-electron chi connectivity index (χ4n) is 1.95. The van der Waals surface area contributed by atoms with Crippen LogP contribution >= 0.6 is 11.6 Å². The number of nitro benzene ring substituents is 1. The van der Waals surface area contributed by atoms with E-state index >= 15 is 0 Å². The smallest absolute Gasteiger partial charge is 0.274 e. The van der Waals surface area contributed by atoms with Crippen LogP contribution in [-0.4, -0.2) is 4.92 Å². The van der Waals surface area contributed by atoms with Gasteiger partial charge >= 0.3 is 0 Å². The molecule has 6 heteroatoms. The van der Waals surface area contributed by atoms with Crippen LogP contribution in [0.15, 0.2) is 42.5 Å². The molecule has 0 aliphatic rings. The minimum atomic E-state index is -0.570. The molecule has 2 aromatic rings. The Morgan fingerprint density at radius 2 is 1.95 bits per heavy atom. The maximum atomic E-state index is 13.8. The van der Waals surface area contributed by atoms with Crippen LogP contribution in [0.5, 0.6) is 0 Å². The summed E-state index contributed by atoms with van der Waals surface area (Å²) in [5, 5.41) is 13.9.